The number of hydrogen-bond donors (Lipinski definition) is 2. The molecule has 0 bridgehead atoms. The van der Waals surface area contributed by atoms with Gasteiger partial charge in [-0.05, 0) is 48.9 Å². The minimum absolute atomic E-state index is 0.0388. The van der Waals surface area contributed by atoms with Crippen molar-refractivity contribution in [3.05, 3.63) is 89.0 Å². The second-order valence-electron chi connectivity index (χ2n) is 6.40. The highest BCUT2D eigenvalue weighted by atomic mass is 16.5. The molecule has 148 valence electrons. The van der Waals surface area contributed by atoms with E-state index < -0.39 is 0 Å². The number of rotatable bonds is 7. The smallest absolute Gasteiger partial charge is 0.271 e. The Morgan fingerprint density at radius 1 is 1.07 bits per heavy atom. The van der Waals surface area contributed by atoms with Crippen LogP contribution in [-0.2, 0) is 6.61 Å². The van der Waals surface area contributed by atoms with Crippen LogP contribution in [0.1, 0.15) is 27.0 Å². The van der Waals surface area contributed by atoms with Crippen molar-refractivity contribution in [3.8, 4) is 17.2 Å². The van der Waals surface area contributed by atoms with Gasteiger partial charge in [0.05, 0.1) is 13.3 Å². The van der Waals surface area contributed by atoms with Crippen LogP contribution in [0.15, 0.2) is 71.8 Å². The molecule has 0 aliphatic carbocycles. The second-order valence-corrected chi connectivity index (χ2v) is 6.40. The van der Waals surface area contributed by atoms with Crippen molar-refractivity contribution in [1.82, 2.24) is 5.43 Å². The van der Waals surface area contributed by atoms with E-state index in [1.165, 1.54) is 18.9 Å². The van der Waals surface area contributed by atoms with Gasteiger partial charge in [0.25, 0.3) is 5.91 Å². The SMILES string of the molecule is COc1cccc(/C=N\NC(=O)c2ccc(OCc3ccc(C)cc3)cc2)c1O. The number of hydrazone groups is 1. The topological polar surface area (TPSA) is 80.2 Å². The van der Waals surface area contributed by atoms with Gasteiger partial charge in [0.1, 0.15) is 12.4 Å². The fraction of sp³-hybridized carbons (Fsp3) is 0.130. The summed E-state index contributed by atoms with van der Waals surface area (Å²) < 4.78 is 10.8. The monoisotopic (exact) mass is 390 g/mol. The van der Waals surface area contributed by atoms with Gasteiger partial charge in [0.15, 0.2) is 11.5 Å². The van der Waals surface area contributed by atoms with Crippen molar-refractivity contribution in [2.75, 3.05) is 7.11 Å². The van der Waals surface area contributed by atoms with Gasteiger partial charge in [-0.1, -0.05) is 35.9 Å². The van der Waals surface area contributed by atoms with E-state index in [9.17, 15) is 9.90 Å². The van der Waals surface area contributed by atoms with Crippen LogP contribution in [0, 0.1) is 6.92 Å². The molecule has 0 spiro atoms. The average molecular weight is 390 g/mol. The molecule has 3 rings (SSSR count). The van der Waals surface area contributed by atoms with E-state index in [4.69, 9.17) is 9.47 Å². The number of amides is 1. The number of para-hydroxylation sites is 1. The maximum Gasteiger partial charge on any atom is 0.271 e. The number of aromatic hydroxyl groups is 1. The molecule has 0 saturated heterocycles. The number of nitrogens with one attached hydrogen (secondary N) is 1. The lowest BCUT2D eigenvalue weighted by Gasteiger charge is -2.07. The first-order valence-electron chi connectivity index (χ1n) is 9.04. The molecule has 0 aromatic heterocycles. The summed E-state index contributed by atoms with van der Waals surface area (Å²) in [6.45, 7) is 2.50. The Labute approximate surface area is 169 Å². The number of ether oxygens (including phenoxy) is 2. The van der Waals surface area contributed by atoms with Crippen molar-refractivity contribution in [2.24, 2.45) is 5.10 Å². The molecular weight excluding hydrogens is 368 g/mol. The fourth-order valence-corrected chi connectivity index (χ4v) is 2.59. The molecule has 6 nitrogen and oxygen atoms in total. The maximum atomic E-state index is 12.2. The Morgan fingerprint density at radius 3 is 2.48 bits per heavy atom. The van der Waals surface area contributed by atoms with E-state index in [0.717, 1.165) is 5.56 Å². The summed E-state index contributed by atoms with van der Waals surface area (Å²) in [4.78, 5) is 12.2. The van der Waals surface area contributed by atoms with Gasteiger partial charge in [-0.3, -0.25) is 4.79 Å². The predicted molar refractivity (Wildman–Crippen MR) is 112 cm³/mol. The summed E-state index contributed by atoms with van der Waals surface area (Å²) in [5.41, 5.74) is 5.59. The normalized spacial score (nSPS) is 10.7. The van der Waals surface area contributed by atoms with Crippen LogP contribution in [0.25, 0.3) is 0 Å². The third-order valence-electron chi connectivity index (χ3n) is 4.26. The lowest BCUT2D eigenvalue weighted by Crippen LogP contribution is -2.17. The molecule has 0 fully saturated rings. The highest BCUT2D eigenvalue weighted by molar-refractivity contribution is 5.95. The minimum Gasteiger partial charge on any atom is -0.504 e. The zero-order valence-electron chi connectivity index (χ0n) is 16.3. The lowest BCUT2D eigenvalue weighted by atomic mass is 10.2. The van der Waals surface area contributed by atoms with Gasteiger partial charge < -0.3 is 14.6 Å². The summed E-state index contributed by atoms with van der Waals surface area (Å²) in [6.07, 6.45) is 1.36. The number of benzene rings is 3. The maximum absolute atomic E-state index is 12.2. The van der Waals surface area contributed by atoms with Crippen LogP contribution in [-0.4, -0.2) is 24.3 Å². The Balaban J connectivity index is 1.55. The summed E-state index contributed by atoms with van der Waals surface area (Å²) in [6, 6.07) is 19.9. The molecular formula is C23H22N2O4. The number of methoxy groups -OCH3 is 1. The molecule has 0 aliphatic heterocycles. The number of carbonyl (C=O) groups excluding carboxylic acids is 1. The van der Waals surface area contributed by atoms with Crippen molar-refractivity contribution < 1.29 is 19.4 Å². The minimum atomic E-state index is -0.367. The summed E-state index contributed by atoms with van der Waals surface area (Å²) in [5.74, 6) is 0.602. The van der Waals surface area contributed by atoms with Crippen LogP contribution >= 0.6 is 0 Å². The van der Waals surface area contributed by atoms with Crippen LogP contribution in [0.3, 0.4) is 0 Å². The number of aryl methyl sites for hydroxylation is 1. The first-order chi connectivity index (χ1) is 14.1. The van der Waals surface area contributed by atoms with Crippen LogP contribution < -0.4 is 14.9 Å². The number of phenols is 1. The zero-order valence-corrected chi connectivity index (χ0v) is 16.3. The van der Waals surface area contributed by atoms with Gasteiger partial charge in [-0.2, -0.15) is 5.10 Å². The van der Waals surface area contributed by atoms with Crippen LogP contribution in [0.5, 0.6) is 17.2 Å². The number of phenolic OH excluding ortho intramolecular Hbond substituents is 1. The Kier molecular flexibility index (Phi) is 6.47. The molecule has 0 atom stereocenters. The Morgan fingerprint density at radius 2 is 1.79 bits per heavy atom. The van der Waals surface area contributed by atoms with Gasteiger partial charge >= 0.3 is 0 Å². The number of carbonyl (C=O) groups is 1. The summed E-state index contributed by atoms with van der Waals surface area (Å²) in [5, 5.41) is 13.9. The van der Waals surface area contributed by atoms with E-state index in [2.05, 4.69) is 10.5 Å². The van der Waals surface area contributed by atoms with E-state index >= 15 is 0 Å². The summed E-state index contributed by atoms with van der Waals surface area (Å²) in [7, 11) is 1.46. The van der Waals surface area contributed by atoms with Crippen molar-refractivity contribution >= 4 is 12.1 Å². The van der Waals surface area contributed by atoms with Crippen molar-refractivity contribution in [2.45, 2.75) is 13.5 Å². The molecule has 6 heteroatoms. The van der Waals surface area contributed by atoms with Gasteiger partial charge in [0.2, 0.25) is 0 Å². The number of nitrogens with zero attached hydrogens (tertiary/aromatic N) is 1. The molecule has 0 saturated carbocycles. The van der Waals surface area contributed by atoms with Gasteiger partial charge in [-0.25, -0.2) is 5.43 Å². The van der Waals surface area contributed by atoms with Crippen LogP contribution in [0.4, 0.5) is 0 Å². The highest BCUT2D eigenvalue weighted by Crippen LogP contribution is 2.27. The molecule has 3 aromatic rings. The third kappa shape index (κ3) is 5.35. The molecule has 0 heterocycles. The van der Waals surface area contributed by atoms with Crippen molar-refractivity contribution in [3.63, 3.8) is 0 Å². The molecule has 3 aromatic carbocycles. The average Bonchev–Trinajstić information content (AvgIpc) is 2.75. The molecule has 0 aliphatic rings. The van der Waals surface area contributed by atoms with E-state index in [1.807, 2.05) is 31.2 Å². The molecule has 29 heavy (non-hydrogen) atoms. The predicted octanol–water partition coefficient (Wildman–Crippen LogP) is 4.05. The molecule has 2 N–H and O–H groups in total. The zero-order chi connectivity index (χ0) is 20.6. The second kappa shape index (κ2) is 9.41. The number of hydrogen-bond acceptors (Lipinski definition) is 5. The Hall–Kier alpha value is -3.80. The first kappa shape index (κ1) is 19.9. The lowest BCUT2D eigenvalue weighted by molar-refractivity contribution is 0.0955. The molecule has 0 unspecified atom stereocenters. The standard InChI is InChI=1S/C23H22N2O4/c1-16-6-8-17(9-7-16)15-29-20-12-10-18(11-13-20)23(27)25-24-14-19-4-3-5-21(28-2)22(19)26/h3-14,26H,15H2,1-2H3,(H,25,27)/b24-14-. The summed E-state index contributed by atoms with van der Waals surface area (Å²) >= 11 is 0. The first-order valence-corrected chi connectivity index (χ1v) is 9.04. The molecule has 1 amide bonds. The van der Waals surface area contributed by atoms with Gasteiger partial charge in [-0.15, -0.1) is 0 Å². The Bertz CT molecular complexity index is 996. The third-order valence-corrected chi connectivity index (χ3v) is 4.26. The van der Waals surface area contributed by atoms with E-state index in [1.54, 1.807) is 42.5 Å². The molecule has 0 radical (unpaired) electrons. The van der Waals surface area contributed by atoms with E-state index in [0.29, 0.717) is 29.2 Å². The fourth-order valence-electron chi connectivity index (χ4n) is 2.59. The van der Waals surface area contributed by atoms with Crippen molar-refractivity contribution in [1.29, 1.82) is 0 Å². The largest absolute Gasteiger partial charge is 0.504 e. The van der Waals surface area contributed by atoms with Gasteiger partial charge in [0, 0.05) is 11.1 Å². The highest BCUT2D eigenvalue weighted by Gasteiger charge is 2.07. The quantitative estimate of drug-likeness (QED) is 0.471. The van der Waals surface area contributed by atoms with Crippen LogP contribution in [0.2, 0.25) is 0 Å². The van der Waals surface area contributed by atoms with E-state index in [-0.39, 0.29) is 11.7 Å².